The molecule has 1 aromatic carbocycles. The lowest BCUT2D eigenvalue weighted by Crippen LogP contribution is -2.45. The Kier molecular flexibility index (Phi) is 3.21. The van der Waals surface area contributed by atoms with E-state index in [1.54, 1.807) is 0 Å². The third-order valence-corrected chi connectivity index (χ3v) is 5.01. The van der Waals surface area contributed by atoms with E-state index in [2.05, 4.69) is 18.3 Å². The lowest BCUT2D eigenvalue weighted by Gasteiger charge is -2.44. The van der Waals surface area contributed by atoms with E-state index in [4.69, 9.17) is 14.2 Å². The van der Waals surface area contributed by atoms with Crippen molar-refractivity contribution in [3.05, 3.63) is 17.7 Å². The monoisotopic (exact) mass is 289 g/mol. The number of benzene rings is 1. The zero-order valence-corrected chi connectivity index (χ0v) is 12.6. The fourth-order valence-corrected chi connectivity index (χ4v) is 4.01. The Morgan fingerprint density at radius 2 is 2.00 bits per heavy atom. The maximum Gasteiger partial charge on any atom is 0.231 e. The number of hydrogen-bond acceptors (Lipinski definition) is 4. The highest BCUT2D eigenvalue weighted by molar-refractivity contribution is 5.59. The van der Waals surface area contributed by atoms with Crippen molar-refractivity contribution in [2.24, 2.45) is 0 Å². The summed E-state index contributed by atoms with van der Waals surface area (Å²) in [4.78, 5) is 0. The van der Waals surface area contributed by atoms with Crippen molar-refractivity contribution < 1.29 is 14.2 Å². The van der Waals surface area contributed by atoms with Gasteiger partial charge in [0.1, 0.15) is 5.60 Å². The molecule has 1 aliphatic carbocycles. The highest BCUT2D eigenvalue weighted by Crippen LogP contribution is 2.53. The summed E-state index contributed by atoms with van der Waals surface area (Å²) in [6, 6.07) is 4.49. The molecule has 0 radical (unpaired) electrons. The maximum atomic E-state index is 6.53. The Hall–Kier alpha value is -1.42. The highest BCUT2D eigenvalue weighted by Gasteiger charge is 2.43. The van der Waals surface area contributed by atoms with Gasteiger partial charge in [-0.1, -0.05) is 13.3 Å². The molecule has 2 heterocycles. The Labute approximate surface area is 125 Å². The second-order valence-corrected chi connectivity index (χ2v) is 6.38. The standard InChI is InChI=1S/C17H23NO3/c1-2-18-13-10-17(8-4-3-5-9-17)21-15-12(13)6-7-14-16(15)20-11-19-14/h6-7,13,18H,2-5,8-11H2,1H3. The average molecular weight is 289 g/mol. The largest absolute Gasteiger partial charge is 0.483 e. The molecule has 1 aromatic rings. The van der Waals surface area contributed by atoms with Crippen molar-refractivity contribution in [3.63, 3.8) is 0 Å². The first-order chi connectivity index (χ1) is 10.3. The van der Waals surface area contributed by atoms with Crippen LogP contribution >= 0.6 is 0 Å². The molecular weight excluding hydrogens is 266 g/mol. The van der Waals surface area contributed by atoms with E-state index < -0.39 is 0 Å². The second-order valence-electron chi connectivity index (χ2n) is 6.38. The molecule has 0 aromatic heterocycles. The normalized spacial score (nSPS) is 25.5. The minimum absolute atomic E-state index is 0.0147. The molecule has 4 heteroatoms. The summed E-state index contributed by atoms with van der Waals surface area (Å²) in [6.07, 6.45) is 7.22. The van der Waals surface area contributed by atoms with E-state index >= 15 is 0 Å². The van der Waals surface area contributed by atoms with Crippen molar-refractivity contribution in [1.29, 1.82) is 0 Å². The number of rotatable bonds is 2. The van der Waals surface area contributed by atoms with E-state index in [-0.39, 0.29) is 5.60 Å². The van der Waals surface area contributed by atoms with Crippen molar-refractivity contribution >= 4 is 0 Å². The third kappa shape index (κ3) is 2.16. The van der Waals surface area contributed by atoms with Gasteiger partial charge in [-0.15, -0.1) is 0 Å². The zero-order valence-electron chi connectivity index (χ0n) is 12.6. The van der Waals surface area contributed by atoms with Crippen LogP contribution in [-0.4, -0.2) is 18.9 Å². The van der Waals surface area contributed by atoms with Crippen LogP contribution in [0.4, 0.5) is 0 Å². The molecule has 114 valence electrons. The van der Waals surface area contributed by atoms with E-state index in [1.807, 2.05) is 6.07 Å². The number of fused-ring (bicyclic) bond motifs is 3. The van der Waals surface area contributed by atoms with Crippen molar-refractivity contribution in [3.8, 4) is 17.2 Å². The molecule has 0 saturated heterocycles. The lowest BCUT2D eigenvalue weighted by atomic mass is 9.77. The molecule has 0 bridgehead atoms. The first-order valence-corrected chi connectivity index (χ1v) is 8.16. The van der Waals surface area contributed by atoms with Crippen LogP contribution in [0.3, 0.4) is 0 Å². The van der Waals surface area contributed by atoms with Gasteiger partial charge in [0.2, 0.25) is 12.5 Å². The molecule has 3 aliphatic rings. The fourth-order valence-electron chi connectivity index (χ4n) is 4.01. The Morgan fingerprint density at radius 1 is 1.14 bits per heavy atom. The Bertz CT molecular complexity index is 537. The molecular formula is C17H23NO3. The molecule has 4 nitrogen and oxygen atoms in total. The van der Waals surface area contributed by atoms with Gasteiger partial charge in [-0.2, -0.15) is 0 Å². The van der Waals surface area contributed by atoms with Crippen molar-refractivity contribution in [2.45, 2.75) is 57.1 Å². The van der Waals surface area contributed by atoms with E-state index in [9.17, 15) is 0 Å². The summed E-state index contributed by atoms with van der Waals surface area (Å²) in [7, 11) is 0. The molecule has 1 N–H and O–H groups in total. The summed E-state index contributed by atoms with van der Waals surface area (Å²) in [5.41, 5.74) is 1.20. The predicted octanol–water partition coefficient (Wildman–Crippen LogP) is 3.55. The van der Waals surface area contributed by atoms with E-state index in [0.717, 1.165) is 43.1 Å². The summed E-state index contributed by atoms with van der Waals surface area (Å²) in [5.74, 6) is 2.54. The molecule has 2 aliphatic heterocycles. The summed E-state index contributed by atoms with van der Waals surface area (Å²) in [5, 5.41) is 3.63. The molecule has 1 atom stereocenters. The summed E-state index contributed by atoms with van der Waals surface area (Å²) < 4.78 is 17.7. The fraction of sp³-hybridized carbons (Fsp3) is 0.647. The zero-order chi connectivity index (χ0) is 14.3. The van der Waals surface area contributed by atoms with Crippen molar-refractivity contribution in [1.82, 2.24) is 5.32 Å². The SMILES string of the molecule is CCNC1CC2(CCCCC2)Oc2c1ccc1c2OCO1. The second kappa shape index (κ2) is 5.09. The van der Waals surface area contributed by atoms with E-state index in [0.29, 0.717) is 12.8 Å². The van der Waals surface area contributed by atoms with Crippen LogP contribution in [0.5, 0.6) is 17.2 Å². The average Bonchev–Trinajstić information content (AvgIpc) is 2.97. The van der Waals surface area contributed by atoms with Crippen LogP contribution in [0.1, 0.15) is 57.1 Å². The van der Waals surface area contributed by atoms with Crippen LogP contribution in [0.25, 0.3) is 0 Å². The van der Waals surface area contributed by atoms with Crippen LogP contribution in [0.2, 0.25) is 0 Å². The molecule has 1 saturated carbocycles. The van der Waals surface area contributed by atoms with Crippen LogP contribution in [0, 0.1) is 0 Å². The van der Waals surface area contributed by atoms with Gasteiger partial charge in [0.05, 0.1) is 0 Å². The molecule has 1 unspecified atom stereocenters. The molecule has 21 heavy (non-hydrogen) atoms. The quantitative estimate of drug-likeness (QED) is 0.904. The molecule has 0 amide bonds. The Balaban J connectivity index is 1.76. The van der Waals surface area contributed by atoms with Gasteiger partial charge in [0.25, 0.3) is 0 Å². The number of ether oxygens (including phenoxy) is 3. The van der Waals surface area contributed by atoms with Crippen molar-refractivity contribution in [2.75, 3.05) is 13.3 Å². The van der Waals surface area contributed by atoms with Gasteiger partial charge in [-0.05, 0) is 44.4 Å². The molecule has 4 rings (SSSR count). The topological polar surface area (TPSA) is 39.7 Å². The first kappa shape index (κ1) is 13.3. The third-order valence-electron chi connectivity index (χ3n) is 5.01. The van der Waals surface area contributed by atoms with Crippen LogP contribution < -0.4 is 19.5 Å². The van der Waals surface area contributed by atoms with Crippen LogP contribution in [0.15, 0.2) is 12.1 Å². The first-order valence-electron chi connectivity index (χ1n) is 8.16. The van der Waals surface area contributed by atoms with Gasteiger partial charge in [0.15, 0.2) is 11.5 Å². The van der Waals surface area contributed by atoms with Gasteiger partial charge in [-0.25, -0.2) is 0 Å². The Morgan fingerprint density at radius 3 is 2.81 bits per heavy atom. The smallest absolute Gasteiger partial charge is 0.231 e. The maximum absolute atomic E-state index is 6.53. The molecule has 1 fully saturated rings. The van der Waals surface area contributed by atoms with Gasteiger partial charge in [-0.3, -0.25) is 0 Å². The lowest BCUT2D eigenvalue weighted by molar-refractivity contribution is -0.00494. The summed E-state index contributed by atoms with van der Waals surface area (Å²) in [6.45, 7) is 3.43. The molecule has 1 spiro atoms. The van der Waals surface area contributed by atoms with Gasteiger partial charge in [0, 0.05) is 18.0 Å². The number of nitrogens with one attached hydrogen (secondary N) is 1. The highest BCUT2D eigenvalue weighted by atomic mass is 16.7. The minimum Gasteiger partial charge on any atom is -0.483 e. The van der Waals surface area contributed by atoms with Crippen LogP contribution in [-0.2, 0) is 0 Å². The van der Waals surface area contributed by atoms with Gasteiger partial charge >= 0.3 is 0 Å². The van der Waals surface area contributed by atoms with Gasteiger partial charge < -0.3 is 19.5 Å². The van der Waals surface area contributed by atoms with E-state index in [1.165, 1.54) is 24.8 Å². The predicted molar refractivity (Wildman–Crippen MR) is 80.0 cm³/mol. The summed E-state index contributed by atoms with van der Waals surface area (Å²) >= 11 is 0. The minimum atomic E-state index is -0.0147. The number of hydrogen-bond donors (Lipinski definition) is 1.